The van der Waals surface area contributed by atoms with Gasteiger partial charge in [-0.15, -0.1) is 0 Å². The summed E-state index contributed by atoms with van der Waals surface area (Å²) in [5.74, 6) is 1.45. The minimum Gasteiger partial charge on any atom is -0.488 e. The lowest BCUT2D eigenvalue weighted by Crippen LogP contribution is -1.99. The number of aromatic nitrogens is 4. The van der Waals surface area contributed by atoms with Crippen LogP contribution in [0.2, 0.25) is 0 Å². The summed E-state index contributed by atoms with van der Waals surface area (Å²) in [5.41, 5.74) is 2.90. The summed E-state index contributed by atoms with van der Waals surface area (Å²) in [7, 11) is 0. The largest absolute Gasteiger partial charge is 0.488 e. The first kappa shape index (κ1) is 13.5. The summed E-state index contributed by atoms with van der Waals surface area (Å²) in [6.45, 7) is 0.444. The summed E-state index contributed by atoms with van der Waals surface area (Å²) in [5, 5.41) is 7.87. The van der Waals surface area contributed by atoms with Crippen LogP contribution in [0.3, 0.4) is 0 Å². The van der Waals surface area contributed by atoms with E-state index < -0.39 is 0 Å². The molecule has 2 aromatic carbocycles. The number of para-hydroxylation sites is 2. The highest BCUT2D eigenvalue weighted by Gasteiger charge is 2.09. The van der Waals surface area contributed by atoms with Crippen LogP contribution < -0.4 is 4.74 Å². The first-order chi connectivity index (χ1) is 11.4. The highest BCUT2D eigenvalue weighted by molar-refractivity contribution is 5.81. The molecule has 4 rings (SSSR count). The Balaban J connectivity index is 1.65. The fourth-order valence-corrected chi connectivity index (χ4v) is 2.56. The summed E-state index contributed by atoms with van der Waals surface area (Å²) >= 11 is 0. The van der Waals surface area contributed by atoms with E-state index in [0.717, 1.165) is 27.8 Å². The molecule has 0 saturated carbocycles. The highest BCUT2D eigenvalue weighted by atomic mass is 16.5. The second kappa shape index (κ2) is 5.88. The Morgan fingerprint density at radius 2 is 1.83 bits per heavy atom. The van der Waals surface area contributed by atoms with Crippen LogP contribution in [-0.4, -0.2) is 20.2 Å². The van der Waals surface area contributed by atoms with Crippen molar-refractivity contribution in [1.29, 1.82) is 0 Å². The van der Waals surface area contributed by atoms with Crippen molar-refractivity contribution in [3.05, 3.63) is 72.7 Å². The predicted molar refractivity (Wildman–Crippen MR) is 87.9 cm³/mol. The fourth-order valence-electron chi connectivity index (χ4n) is 2.56. The Morgan fingerprint density at radius 3 is 2.74 bits per heavy atom. The number of ether oxygens (including phenoxy) is 1. The Bertz CT molecular complexity index is 929. The quantitative estimate of drug-likeness (QED) is 0.625. The van der Waals surface area contributed by atoms with Crippen LogP contribution in [0, 0.1) is 0 Å². The highest BCUT2D eigenvalue weighted by Crippen LogP contribution is 2.28. The molecule has 0 saturated heterocycles. The van der Waals surface area contributed by atoms with Crippen molar-refractivity contribution in [1.82, 2.24) is 20.2 Å². The molecule has 0 fully saturated rings. The average molecular weight is 302 g/mol. The summed E-state index contributed by atoms with van der Waals surface area (Å²) in [4.78, 5) is 8.65. The third-order valence-corrected chi connectivity index (χ3v) is 3.66. The van der Waals surface area contributed by atoms with Crippen molar-refractivity contribution in [2.24, 2.45) is 0 Å². The molecule has 0 atom stereocenters. The van der Waals surface area contributed by atoms with Crippen molar-refractivity contribution >= 4 is 10.9 Å². The van der Waals surface area contributed by atoms with Crippen LogP contribution in [-0.2, 0) is 6.61 Å². The van der Waals surface area contributed by atoms with Crippen LogP contribution in [0.1, 0.15) is 5.56 Å². The standard InChI is InChI=1S/C18H14N4O/c1-2-9-16(15(8-1)18-20-12-21-22-18)23-11-14-6-3-5-13-7-4-10-19-17(13)14/h1-10,12H,11H2,(H,20,21,22). The van der Waals surface area contributed by atoms with Gasteiger partial charge < -0.3 is 4.74 Å². The maximum Gasteiger partial charge on any atom is 0.159 e. The molecule has 5 heteroatoms. The minimum absolute atomic E-state index is 0.444. The molecule has 23 heavy (non-hydrogen) atoms. The number of hydrogen-bond acceptors (Lipinski definition) is 4. The van der Waals surface area contributed by atoms with Gasteiger partial charge in [0.15, 0.2) is 5.82 Å². The van der Waals surface area contributed by atoms with E-state index in [9.17, 15) is 0 Å². The number of nitrogens with zero attached hydrogens (tertiary/aromatic N) is 3. The maximum absolute atomic E-state index is 6.03. The molecular weight excluding hydrogens is 288 g/mol. The molecule has 2 aromatic heterocycles. The lowest BCUT2D eigenvalue weighted by atomic mass is 10.1. The summed E-state index contributed by atoms with van der Waals surface area (Å²) in [6, 6.07) is 17.9. The SMILES string of the molecule is c1ccc(-c2ncn[nH]2)c(OCc2cccc3cccnc23)c1. The van der Waals surface area contributed by atoms with Gasteiger partial charge in [-0.2, -0.15) is 5.10 Å². The first-order valence-corrected chi connectivity index (χ1v) is 7.32. The average Bonchev–Trinajstić information content (AvgIpc) is 3.14. The molecule has 0 unspecified atom stereocenters. The number of rotatable bonds is 4. The predicted octanol–water partition coefficient (Wildman–Crippen LogP) is 3.60. The Kier molecular flexibility index (Phi) is 3.44. The van der Waals surface area contributed by atoms with Crippen molar-refractivity contribution < 1.29 is 4.74 Å². The van der Waals surface area contributed by atoms with Gasteiger partial charge in [0.2, 0.25) is 0 Å². The summed E-state index contributed by atoms with van der Waals surface area (Å²) < 4.78 is 6.03. The van der Waals surface area contributed by atoms with E-state index in [1.165, 1.54) is 6.33 Å². The van der Waals surface area contributed by atoms with Crippen LogP contribution >= 0.6 is 0 Å². The van der Waals surface area contributed by atoms with E-state index in [-0.39, 0.29) is 0 Å². The van der Waals surface area contributed by atoms with Gasteiger partial charge in [-0.05, 0) is 18.2 Å². The number of benzene rings is 2. The van der Waals surface area contributed by atoms with E-state index in [4.69, 9.17) is 4.74 Å². The molecule has 0 spiro atoms. The zero-order chi connectivity index (χ0) is 15.5. The van der Waals surface area contributed by atoms with E-state index in [0.29, 0.717) is 12.4 Å². The third kappa shape index (κ3) is 2.64. The van der Waals surface area contributed by atoms with Crippen LogP contribution in [0.5, 0.6) is 5.75 Å². The van der Waals surface area contributed by atoms with E-state index in [1.807, 2.05) is 54.6 Å². The lowest BCUT2D eigenvalue weighted by molar-refractivity contribution is 0.308. The number of pyridine rings is 1. The van der Waals surface area contributed by atoms with E-state index in [1.54, 1.807) is 6.20 Å². The number of aromatic amines is 1. The molecular formula is C18H14N4O. The smallest absolute Gasteiger partial charge is 0.159 e. The third-order valence-electron chi connectivity index (χ3n) is 3.66. The van der Waals surface area contributed by atoms with Crippen molar-refractivity contribution in [2.75, 3.05) is 0 Å². The number of hydrogen-bond donors (Lipinski definition) is 1. The van der Waals surface area contributed by atoms with Gasteiger partial charge in [-0.1, -0.05) is 36.4 Å². The van der Waals surface area contributed by atoms with Crippen LogP contribution in [0.25, 0.3) is 22.3 Å². The molecule has 112 valence electrons. The number of H-pyrrole nitrogens is 1. The van der Waals surface area contributed by atoms with Gasteiger partial charge in [0, 0.05) is 17.1 Å². The second-order valence-electron chi connectivity index (χ2n) is 5.11. The molecule has 0 aliphatic rings. The molecule has 0 radical (unpaired) electrons. The topological polar surface area (TPSA) is 63.7 Å². The Morgan fingerprint density at radius 1 is 0.913 bits per heavy atom. The zero-order valence-electron chi connectivity index (χ0n) is 12.3. The summed E-state index contributed by atoms with van der Waals surface area (Å²) in [6.07, 6.45) is 3.29. The lowest BCUT2D eigenvalue weighted by Gasteiger charge is -2.11. The molecule has 0 aliphatic heterocycles. The molecule has 0 bridgehead atoms. The van der Waals surface area contributed by atoms with Crippen molar-refractivity contribution in [3.63, 3.8) is 0 Å². The second-order valence-corrected chi connectivity index (χ2v) is 5.11. The monoisotopic (exact) mass is 302 g/mol. The molecule has 2 heterocycles. The molecule has 4 aromatic rings. The van der Waals surface area contributed by atoms with Crippen LogP contribution in [0.4, 0.5) is 0 Å². The van der Waals surface area contributed by atoms with Gasteiger partial charge >= 0.3 is 0 Å². The fraction of sp³-hybridized carbons (Fsp3) is 0.0556. The first-order valence-electron chi connectivity index (χ1n) is 7.32. The normalized spacial score (nSPS) is 10.8. The minimum atomic E-state index is 0.444. The zero-order valence-corrected chi connectivity index (χ0v) is 12.3. The van der Waals surface area contributed by atoms with Gasteiger partial charge in [-0.25, -0.2) is 4.98 Å². The van der Waals surface area contributed by atoms with Gasteiger partial charge in [0.25, 0.3) is 0 Å². The Hall–Kier alpha value is -3.21. The van der Waals surface area contributed by atoms with E-state index >= 15 is 0 Å². The molecule has 0 aliphatic carbocycles. The van der Waals surface area contributed by atoms with Gasteiger partial charge in [-0.3, -0.25) is 10.1 Å². The Labute approximate surface area is 133 Å². The van der Waals surface area contributed by atoms with Crippen LogP contribution in [0.15, 0.2) is 67.1 Å². The van der Waals surface area contributed by atoms with Gasteiger partial charge in [0.1, 0.15) is 18.7 Å². The van der Waals surface area contributed by atoms with Gasteiger partial charge in [0.05, 0.1) is 11.1 Å². The van der Waals surface area contributed by atoms with Crippen molar-refractivity contribution in [2.45, 2.75) is 6.61 Å². The molecule has 1 N–H and O–H groups in total. The number of nitrogens with one attached hydrogen (secondary N) is 1. The van der Waals surface area contributed by atoms with Crippen molar-refractivity contribution in [3.8, 4) is 17.1 Å². The maximum atomic E-state index is 6.03. The molecule has 5 nitrogen and oxygen atoms in total. The van der Waals surface area contributed by atoms with E-state index in [2.05, 4.69) is 20.2 Å². The number of fused-ring (bicyclic) bond motifs is 1. The molecule has 0 amide bonds.